The van der Waals surface area contributed by atoms with Crippen LogP contribution in [0.5, 0.6) is 0 Å². The summed E-state index contributed by atoms with van der Waals surface area (Å²) in [7, 11) is 0. The molecule has 1 fully saturated rings. The molecule has 0 bridgehead atoms. The zero-order valence-corrected chi connectivity index (χ0v) is 16.1. The number of carboxylic acid groups (broad SMARTS) is 1. The van der Waals surface area contributed by atoms with Crippen LogP contribution in [0.3, 0.4) is 0 Å². The Morgan fingerprint density at radius 3 is 2.44 bits per heavy atom. The molecule has 0 atom stereocenters. The number of aromatic carboxylic acids is 1. The molecule has 1 N–H and O–H groups in total. The Bertz CT molecular complexity index is 847. The van der Waals surface area contributed by atoms with Crippen molar-refractivity contribution in [1.82, 2.24) is 9.88 Å². The Labute approximate surface area is 160 Å². The Kier molecular flexibility index (Phi) is 5.31. The minimum Gasteiger partial charge on any atom is -0.478 e. The zero-order valence-electron chi connectivity index (χ0n) is 16.1. The van der Waals surface area contributed by atoms with Crippen LogP contribution < -0.4 is 0 Å². The quantitative estimate of drug-likeness (QED) is 0.884. The maximum atomic E-state index is 12.5. The largest absolute Gasteiger partial charge is 0.478 e. The molecule has 27 heavy (non-hydrogen) atoms. The summed E-state index contributed by atoms with van der Waals surface area (Å²) >= 11 is 0. The third-order valence-corrected chi connectivity index (χ3v) is 5.08. The van der Waals surface area contributed by atoms with Gasteiger partial charge in [-0.3, -0.25) is 9.78 Å². The van der Waals surface area contributed by atoms with Crippen molar-refractivity contribution in [3.63, 3.8) is 0 Å². The average Bonchev–Trinajstić information content (AvgIpc) is 2.67. The van der Waals surface area contributed by atoms with Gasteiger partial charge in [0.15, 0.2) is 0 Å². The number of carbonyl (C=O) groups excluding carboxylic acids is 1. The Morgan fingerprint density at radius 2 is 1.81 bits per heavy atom. The molecule has 1 aromatic carbocycles. The lowest BCUT2D eigenvalue weighted by Gasteiger charge is -2.36. The van der Waals surface area contributed by atoms with Crippen LogP contribution >= 0.6 is 0 Å². The van der Waals surface area contributed by atoms with Gasteiger partial charge in [-0.05, 0) is 48.6 Å². The lowest BCUT2D eigenvalue weighted by molar-refractivity contribution is -0.140. The van der Waals surface area contributed by atoms with E-state index in [0.717, 1.165) is 37.2 Å². The molecule has 1 aliphatic rings. The average molecular weight is 366 g/mol. The third kappa shape index (κ3) is 4.35. The van der Waals surface area contributed by atoms with Gasteiger partial charge in [-0.1, -0.05) is 32.9 Å². The molecule has 5 nitrogen and oxygen atoms in total. The van der Waals surface area contributed by atoms with Crippen molar-refractivity contribution in [1.29, 1.82) is 0 Å². The molecule has 0 radical (unpaired) electrons. The number of benzene rings is 1. The molecule has 0 aliphatic carbocycles. The number of piperidine rings is 1. The number of nitrogens with zero attached hydrogens (tertiary/aromatic N) is 2. The number of carbonyl (C=O) groups is 2. The summed E-state index contributed by atoms with van der Waals surface area (Å²) in [6.07, 6.45) is 3.64. The molecular formula is C22H26N2O3. The van der Waals surface area contributed by atoms with E-state index in [2.05, 4.69) is 4.98 Å². The fraction of sp³-hybridized carbons (Fsp3) is 0.409. The molecule has 0 spiro atoms. The van der Waals surface area contributed by atoms with Gasteiger partial charge in [0.1, 0.15) is 0 Å². The summed E-state index contributed by atoms with van der Waals surface area (Å²) in [5.41, 5.74) is 2.70. The van der Waals surface area contributed by atoms with Gasteiger partial charge in [-0.25, -0.2) is 4.79 Å². The highest BCUT2D eigenvalue weighted by atomic mass is 16.4. The van der Waals surface area contributed by atoms with Crippen LogP contribution in [0.25, 0.3) is 11.3 Å². The summed E-state index contributed by atoms with van der Waals surface area (Å²) in [6, 6.07) is 10.9. The molecule has 142 valence electrons. The van der Waals surface area contributed by atoms with Crippen molar-refractivity contribution in [2.45, 2.75) is 39.5 Å². The number of hydrogen-bond acceptors (Lipinski definition) is 3. The minimum atomic E-state index is -0.941. The first-order valence-corrected chi connectivity index (χ1v) is 9.35. The number of rotatable bonds is 3. The fourth-order valence-electron chi connectivity index (χ4n) is 3.56. The van der Waals surface area contributed by atoms with Gasteiger partial charge >= 0.3 is 5.97 Å². The molecule has 1 amide bonds. The predicted molar refractivity (Wildman–Crippen MR) is 105 cm³/mol. The van der Waals surface area contributed by atoms with E-state index in [1.807, 2.05) is 43.9 Å². The van der Waals surface area contributed by atoms with E-state index in [0.29, 0.717) is 5.92 Å². The topological polar surface area (TPSA) is 70.5 Å². The highest BCUT2D eigenvalue weighted by Crippen LogP contribution is 2.31. The van der Waals surface area contributed by atoms with E-state index in [-0.39, 0.29) is 16.9 Å². The number of carboxylic acids is 1. The number of hydrogen-bond donors (Lipinski definition) is 1. The van der Waals surface area contributed by atoms with Gasteiger partial charge in [-0.15, -0.1) is 0 Å². The Morgan fingerprint density at radius 1 is 1.11 bits per heavy atom. The van der Waals surface area contributed by atoms with Crippen molar-refractivity contribution >= 4 is 11.9 Å². The standard InChI is InChI=1S/C22H26N2O3/c1-22(2,3)21(27)24-11-8-15(9-12-24)16-7-10-23-19(14-16)17-5-4-6-18(13-17)20(25)26/h4-7,10,13-15H,8-9,11-12H2,1-3H3,(H,25,26). The van der Waals surface area contributed by atoms with Crippen LogP contribution in [0.15, 0.2) is 42.6 Å². The van der Waals surface area contributed by atoms with E-state index in [9.17, 15) is 14.7 Å². The second-order valence-electron chi connectivity index (χ2n) is 8.18. The van der Waals surface area contributed by atoms with E-state index in [1.165, 1.54) is 5.56 Å². The predicted octanol–water partition coefficient (Wildman–Crippen LogP) is 4.20. The maximum absolute atomic E-state index is 12.5. The highest BCUT2D eigenvalue weighted by Gasteiger charge is 2.30. The fourth-order valence-corrected chi connectivity index (χ4v) is 3.56. The molecule has 3 rings (SSSR count). The maximum Gasteiger partial charge on any atom is 0.335 e. The molecule has 1 aliphatic heterocycles. The van der Waals surface area contributed by atoms with Crippen LogP contribution in [0.1, 0.15) is 55.5 Å². The van der Waals surface area contributed by atoms with Gasteiger partial charge in [-0.2, -0.15) is 0 Å². The van der Waals surface area contributed by atoms with E-state index in [4.69, 9.17) is 0 Å². The summed E-state index contributed by atoms with van der Waals surface area (Å²) in [5, 5.41) is 9.19. The molecular weight excluding hydrogens is 340 g/mol. The van der Waals surface area contributed by atoms with Gasteiger partial charge in [0.2, 0.25) is 5.91 Å². The van der Waals surface area contributed by atoms with Crippen LogP contribution in [0, 0.1) is 5.41 Å². The lowest BCUT2D eigenvalue weighted by atomic mass is 9.87. The van der Waals surface area contributed by atoms with Crippen LogP contribution in [-0.2, 0) is 4.79 Å². The van der Waals surface area contributed by atoms with Crippen molar-refractivity contribution in [2.24, 2.45) is 5.41 Å². The first kappa shape index (κ1) is 19.1. The zero-order chi connectivity index (χ0) is 19.6. The molecule has 2 heterocycles. The molecule has 0 saturated carbocycles. The Balaban J connectivity index is 1.75. The molecule has 5 heteroatoms. The first-order chi connectivity index (χ1) is 12.8. The van der Waals surface area contributed by atoms with Crippen LogP contribution in [-0.4, -0.2) is 40.0 Å². The van der Waals surface area contributed by atoms with Gasteiger partial charge in [0.25, 0.3) is 0 Å². The number of aromatic nitrogens is 1. The SMILES string of the molecule is CC(C)(C)C(=O)N1CCC(c2ccnc(-c3cccc(C(=O)O)c3)c2)CC1. The van der Waals surface area contributed by atoms with Gasteiger partial charge in [0.05, 0.1) is 11.3 Å². The number of pyridine rings is 1. The summed E-state index contributed by atoms with van der Waals surface area (Å²) in [4.78, 5) is 30.0. The van der Waals surface area contributed by atoms with Gasteiger partial charge in [0, 0.05) is 30.3 Å². The monoisotopic (exact) mass is 366 g/mol. The Hall–Kier alpha value is -2.69. The highest BCUT2D eigenvalue weighted by molar-refractivity contribution is 5.89. The lowest BCUT2D eigenvalue weighted by Crippen LogP contribution is -2.43. The summed E-state index contributed by atoms with van der Waals surface area (Å²) in [5.74, 6) is -0.343. The number of likely N-dealkylation sites (tertiary alicyclic amines) is 1. The summed E-state index contributed by atoms with van der Waals surface area (Å²) < 4.78 is 0. The van der Waals surface area contributed by atoms with Crippen molar-refractivity contribution in [3.8, 4) is 11.3 Å². The van der Waals surface area contributed by atoms with E-state index < -0.39 is 5.97 Å². The number of amides is 1. The second kappa shape index (κ2) is 7.51. The third-order valence-electron chi connectivity index (χ3n) is 5.08. The molecule has 1 saturated heterocycles. The first-order valence-electron chi connectivity index (χ1n) is 9.35. The van der Waals surface area contributed by atoms with Crippen molar-refractivity contribution < 1.29 is 14.7 Å². The smallest absolute Gasteiger partial charge is 0.335 e. The normalized spacial score (nSPS) is 15.6. The van der Waals surface area contributed by atoms with Crippen LogP contribution in [0.4, 0.5) is 0 Å². The second-order valence-corrected chi connectivity index (χ2v) is 8.18. The van der Waals surface area contributed by atoms with Crippen LogP contribution in [0.2, 0.25) is 0 Å². The van der Waals surface area contributed by atoms with E-state index >= 15 is 0 Å². The summed E-state index contributed by atoms with van der Waals surface area (Å²) in [6.45, 7) is 7.42. The minimum absolute atomic E-state index is 0.210. The van der Waals surface area contributed by atoms with E-state index in [1.54, 1.807) is 24.4 Å². The van der Waals surface area contributed by atoms with Gasteiger partial charge < -0.3 is 10.0 Å². The molecule has 1 aromatic heterocycles. The van der Waals surface area contributed by atoms with Crippen molar-refractivity contribution in [3.05, 3.63) is 53.7 Å². The molecule has 2 aromatic rings. The van der Waals surface area contributed by atoms with Crippen molar-refractivity contribution in [2.75, 3.05) is 13.1 Å². The molecule has 0 unspecified atom stereocenters.